The molecular weight excluding hydrogens is 396 g/mol. The van der Waals surface area contributed by atoms with E-state index in [4.69, 9.17) is 19.3 Å². The predicted octanol–water partition coefficient (Wildman–Crippen LogP) is 4.30. The van der Waals surface area contributed by atoms with Gasteiger partial charge in [0.1, 0.15) is 41.5 Å². The maximum atomic E-state index is 10.0. The highest BCUT2D eigenvalue weighted by molar-refractivity contribution is 5.98. The quantitative estimate of drug-likeness (QED) is 0.586. The van der Waals surface area contributed by atoms with E-state index in [0.29, 0.717) is 30.3 Å². The Hall–Kier alpha value is -3.64. The molecule has 1 unspecified atom stereocenters. The SMILES string of the molecule is OCCOc1ccc(C2Oc3cc(O)ccc3C3=C2c2ccc(O)cc2OCC3)cc1. The highest BCUT2D eigenvalue weighted by Crippen LogP contribution is 2.51. The number of ether oxygens (including phenoxy) is 3. The van der Waals surface area contributed by atoms with Gasteiger partial charge in [0.15, 0.2) is 0 Å². The second-order valence-electron chi connectivity index (χ2n) is 7.49. The van der Waals surface area contributed by atoms with Gasteiger partial charge in [-0.15, -0.1) is 0 Å². The van der Waals surface area contributed by atoms with Crippen molar-refractivity contribution in [1.82, 2.24) is 0 Å². The van der Waals surface area contributed by atoms with Crippen LogP contribution in [0.25, 0.3) is 11.1 Å². The number of phenols is 2. The first-order chi connectivity index (χ1) is 15.1. The van der Waals surface area contributed by atoms with E-state index in [0.717, 1.165) is 27.8 Å². The fraction of sp³-hybridized carbons (Fsp3) is 0.200. The summed E-state index contributed by atoms with van der Waals surface area (Å²) in [6.45, 7) is 0.652. The van der Waals surface area contributed by atoms with Crippen LogP contribution in [0.4, 0.5) is 0 Å². The molecule has 0 radical (unpaired) electrons. The summed E-state index contributed by atoms with van der Waals surface area (Å²) in [4.78, 5) is 0. The smallest absolute Gasteiger partial charge is 0.150 e. The molecule has 3 aromatic rings. The van der Waals surface area contributed by atoms with Crippen LogP contribution < -0.4 is 14.2 Å². The molecule has 5 rings (SSSR count). The molecule has 3 aromatic carbocycles. The Balaban J connectivity index is 1.66. The molecule has 3 N–H and O–H groups in total. The fourth-order valence-electron chi connectivity index (χ4n) is 4.17. The maximum absolute atomic E-state index is 10.0. The lowest BCUT2D eigenvalue weighted by Crippen LogP contribution is -2.17. The average molecular weight is 418 g/mol. The largest absolute Gasteiger partial charge is 0.508 e. The van der Waals surface area contributed by atoms with E-state index < -0.39 is 6.10 Å². The number of hydrogen-bond acceptors (Lipinski definition) is 6. The van der Waals surface area contributed by atoms with Crippen LogP contribution in [0.5, 0.6) is 28.7 Å². The van der Waals surface area contributed by atoms with Gasteiger partial charge >= 0.3 is 0 Å². The summed E-state index contributed by atoms with van der Waals surface area (Å²) < 4.78 is 17.9. The summed E-state index contributed by atoms with van der Waals surface area (Å²) in [5, 5.41) is 28.9. The highest BCUT2D eigenvalue weighted by atomic mass is 16.5. The molecule has 0 amide bonds. The van der Waals surface area contributed by atoms with E-state index >= 15 is 0 Å². The van der Waals surface area contributed by atoms with Crippen LogP contribution in [0.1, 0.15) is 29.2 Å². The zero-order chi connectivity index (χ0) is 21.4. The van der Waals surface area contributed by atoms with Crippen molar-refractivity contribution in [3.05, 3.63) is 77.4 Å². The van der Waals surface area contributed by atoms with Crippen LogP contribution in [0.15, 0.2) is 60.7 Å². The number of aromatic hydroxyl groups is 2. The maximum Gasteiger partial charge on any atom is 0.150 e. The number of fused-ring (bicyclic) bond motifs is 4. The van der Waals surface area contributed by atoms with Gasteiger partial charge in [-0.2, -0.15) is 0 Å². The minimum Gasteiger partial charge on any atom is -0.508 e. The number of rotatable bonds is 4. The van der Waals surface area contributed by atoms with Gasteiger partial charge in [0, 0.05) is 35.3 Å². The first-order valence-corrected chi connectivity index (χ1v) is 10.2. The lowest BCUT2D eigenvalue weighted by Gasteiger charge is -2.31. The van der Waals surface area contributed by atoms with Crippen LogP contribution in [0, 0.1) is 0 Å². The summed E-state index contributed by atoms with van der Waals surface area (Å²) in [5.41, 5.74) is 4.79. The molecule has 6 nitrogen and oxygen atoms in total. The third-order valence-corrected chi connectivity index (χ3v) is 5.53. The van der Waals surface area contributed by atoms with E-state index in [1.807, 2.05) is 36.4 Å². The van der Waals surface area contributed by atoms with Crippen LogP contribution in [-0.4, -0.2) is 35.1 Å². The van der Waals surface area contributed by atoms with Crippen molar-refractivity contribution < 1.29 is 29.5 Å². The molecule has 2 aliphatic heterocycles. The summed E-state index contributed by atoms with van der Waals surface area (Å²) >= 11 is 0. The molecule has 0 fully saturated rings. The summed E-state index contributed by atoms with van der Waals surface area (Å²) in [6, 6.07) is 17.8. The Bertz CT molecular complexity index is 1150. The Kier molecular flexibility index (Phi) is 4.92. The summed E-state index contributed by atoms with van der Waals surface area (Å²) in [5.74, 6) is 2.18. The van der Waals surface area contributed by atoms with Gasteiger partial charge in [0.25, 0.3) is 0 Å². The normalized spacial score (nSPS) is 16.9. The van der Waals surface area contributed by atoms with E-state index in [1.165, 1.54) is 0 Å². The molecule has 2 heterocycles. The minimum atomic E-state index is -0.429. The second kappa shape index (κ2) is 7.89. The van der Waals surface area contributed by atoms with E-state index in [9.17, 15) is 10.2 Å². The highest BCUT2D eigenvalue weighted by Gasteiger charge is 2.34. The Morgan fingerprint density at radius 1 is 0.871 bits per heavy atom. The molecule has 0 saturated carbocycles. The molecule has 0 aromatic heterocycles. The van der Waals surface area contributed by atoms with Crippen molar-refractivity contribution in [1.29, 1.82) is 0 Å². The third-order valence-electron chi connectivity index (χ3n) is 5.53. The van der Waals surface area contributed by atoms with Crippen LogP contribution in [0.3, 0.4) is 0 Å². The van der Waals surface area contributed by atoms with Gasteiger partial charge in [-0.05, 0) is 47.5 Å². The van der Waals surface area contributed by atoms with E-state index in [2.05, 4.69) is 0 Å². The Morgan fingerprint density at radius 2 is 1.58 bits per heavy atom. The van der Waals surface area contributed by atoms with Crippen molar-refractivity contribution in [2.45, 2.75) is 12.5 Å². The van der Waals surface area contributed by atoms with Crippen molar-refractivity contribution in [2.24, 2.45) is 0 Å². The molecule has 1 atom stereocenters. The van der Waals surface area contributed by atoms with Crippen molar-refractivity contribution in [2.75, 3.05) is 19.8 Å². The van der Waals surface area contributed by atoms with Crippen LogP contribution in [-0.2, 0) is 0 Å². The predicted molar refractivity (Wildman–Crippen MR) is 116 cm³/mol. The lowest BCUT2D eigenvalue weighted by atomic mass is 9.84. The van der Waals surface area contributed by atoms with Crippen molar-refractivity contribution >= 4 is 11.1 Å². The zero-order valence-electron chi connectivity index (χ0n) is 16.7. The number of aliphatic hydroxyl groups is 1. The van der Waals surface area contributed by atoms with Gasteiger partial charge < -0.3 is 29.5 Å². The second-order valence-corrected chi connectivity index (χ2v) is 7.49. The van der Waals surface area contributed by atoms with Gasteiger partial charge in [-0.1, -0.05) is 12.1 Å². The zero-order valence-corrected chi connectivity index (χ0v) is 16.7. The molecule has 158 valence electrons. The Labute approximate surface area is 179 Å². The van der Waals surface area contributed by atoms with Gasteiger partial charge in [0.2, 0.25) is 0 Å². The molecule has 0 saturated heterocycles. The van der Waals surface area contributed by atoms with E-state index in [-0.39, 0.29) is 24.7 Å². The molecule has 0 spiro atoms. The average Bonchev–Trinajstić information content (AvgIpc) is 2.96. The third kappa shape index (κ3) is 3.55. The fourth-order valence-corrected chi connectivity index (χ4v) is 4.17. The topological polar surface area (TPSA) is 88.4 Å². The summed E-state index contributed by atoms with van der Waals surface area (Å²) in [7, 11) is 0. The number of hydrogen-bond donors (Lipinski definition) is 3. The van der Waals surface area contributed by atoms with Gasteiger partial charge in [-0.25, -0.2) is 0 Å². The van der Waals surface area contributed by atoms with Gasteiger partial charge in [-0.3, -0.25) is 0 Å². The van der Waals surface area contributed by atoms with E-state index in [1.54, 1.807) is 24.3 Å². The monoisotopic (exact) mass is 418 g/mol. The van der Waals surface area contributed by atoms with Crippen LogP contribution >= 0.6 is 0 Å². The number of phenolic OH excluding ortho intramolecular Hbond substituents is 2. The number of aliphatic hydroxyl groups excluding tert-OH is 1. The Morgan fingerprint density at radius 3 is 2.32 bits per heavy atom. The standard InChI is InChI=1S/C25H22O6/c26-10-12-29-18-5-1-15(2-6-18)25-24-20(19-7-3-17(28)14-23(19)31-25)9-11-30-22-13-16(27)4-8-21(22)24/h1-8,13-14,25-28H,9-12H2. The van der Waals surface area contributed by atoms with Crippen molar-refractivity contribution in [3.8, 4) is 28.7 Å². The summed E-state index contributed by atoms with van der Waals surface area (Å²) in [6.07, 6.45) is 0.237. The molecule has 6 heteroatoms. The molecule has 31 heavy (non-hydrogen) atoms. The molecule has 2 aliphatic rings. The van der Waals surface area contributed by atoms with Gasteiger partial charge in [0.05, 0.1) is 13.2 Å². The molecule has 0 aliphatic carbocycles. The molecular formula is C25H22O6. The first-order valence-electron chi connectivity index (χ1n) is 10.2. The molecule has 0 bridgehead atoms. The lowest BCUT2D eigenvalue weighted by molar-refractivity contribution is 0.201. The van der Waals surface area contributed by atoms with Crippen LogP contribution in [0.2, 0.25) is 0 Å². The minimum absolute atomic E-state index is 0.0480. The number of benzene rings is 3. The first kappa shape index (κ1) is 19.3. The van der Waals surface area contributed by atoms with Crippen molar-refractivity contribution in [3.63, 3.8) is 0 Å².